The van der Waals surface area contributed by atoms with Gasteiger partial charge in [0.2, 0.25) is 0 Å². The van der Waals surface area contributed by atoms with Crippen molar-refractivity contribution in [2.45, 2.75) is 33.2 Å². The van der Waals surface area contributed by atoms with E-state index in [0.29, 0.717) is 12.0 Å². The fourth-order valence-corrected chi connectivity index (χ4v) is 2.02. The van der Waals surface area contributed by atoms with E-state index in [1.54, 1.807) is 25.1 Å². The van der Waals surface area contributed by atoms with Gasteiger partial charge in [0, 0.05) is 0 Å². The summed E-state index contributed by atoms with van der Waals surface area (Å²) in [6, 6.07) is 6.19. The predicted molar refractivity (Wildman–Crippen MR) is 84.9 cm³/mol. The Kier molecular flexibility index (Phi) is 7.25. The minimum atomic E-state index is -0.755. The number of carbonyl (C=O) groups is 3. The first kappa shape index (κ1) is 18.7. The Hall–Kier alpha value is -2.37. The molecule has 0 aliphatic carbocycles. The number of rotatable bonds is 7. The number of hydrogen-bond acceptors (Lipinski definition) is 5. The van der Waals surface area contributed by atoms with Crippen LogP contribution in [0.2, 0.25) is 0 Å². The third-order valence-electron chi connectivity index (χ3n) is 3.68. The summed E-state index contributed by atoms with van der Waals surface area (Å²) in [7, 11) is 1.27. The van der Waals surface area contributed by atoms with Gasteiger partial charge in [-0.3, -0.25) is 4.79 Å². The maximum atomic E-state index is 11.9. The SMILES string of the molecule is CCC(C)C(NC(=O)COC(=O)c1ccccc1C)C(=O)OC. The zero-order chi connectivity index (χ0) is 17.4. The monoisotopic (exact) mass is 321 g/mol. The average Bonchev–Trinajstić information content (AvgIpc) is 2.56. The van der Waals surface area contributed by atoms with Crippen molar-refractivity contribution in [3.63, 3.8) is 0 Å². The van der Waals surface area contributed by atoms with Crippen LogP contribution in [0.4, 0.5) is 0 Å². The highest BCUT2D eigenvalue weighted by molar-refractivity contribution is 5.93. The van der Waals surface area contributed by atoms with Gasteiger partial charge in [-0.25, -0.2) is 9.59 Å². The quantitative estimate of drug-likeness (QED) is 0.775. The molecule has 1 aromatic rings. The van der Waals surface area contributed by atoms with Crippen molar-refractivity contribution in [3.05, 3.63) is 35.4 Å². The minimum Gasteiger partial charge on any atom is -0.467 e. The summed E-state index contributed by atoms with van der Waals surface area (Å²) in [6.07, 6.45) is 0.697. The van der Waals surface area contributed by atoms with Crippen molar-refractivity contribution in [3.8, 4) is 0 Å². The lowest BCUT2D eigenvalue weighted by atomic mass is 9.99. The fourth-order valence-electron chi connectivity index (χ4n) is 2.02. The first-order chi connectivity index (χ1) is 10.9. The molecule has 0 aliphatic rings. The van der Waals surface area contributed by atoms with Crippen LogP contribution in [0.3, 0.4) is 0 Å². The molecule has 0 saturated heterocycles. The molecule has 23 heavy (non-hydrogen) atoms. The molecule has 1 aromatic carbocycles. The van der Waals surface area contributed by atoms with Gasteiger partial charge in [0.25, 0.3) is 5.91 Å². The van der Waals surface area contributed by atoms with Crippen molar-refractivity contribution in [1.82, 2.24) is 5.32 Å². The van der Waals surface area contributed by atoms with E-state index in [1.165, 1.54) is 7.11 Å². The Labute approximate surface area is 136 Å². The topological polar surface area (TPSA) is 81.7 Å². The molecule has 0 aliphatic heterocycles. The van der Waals surface area contributed by atoms with Gasteiger partial charge >= 0.3 is 11.9 Å². The Bertz CT molecular complexity index is 570. The van der Waals surface area contributed by atoms with Crippen molar-refractivity contribution < 1.29 is 23.9 Å². The third kappa shape index (κ3) is 5.39. The second-order valence-corrected chi connectivity index (χ2v) is 5.34. The van der Waals surface area contributed by atoms with E-state index in [4.69, 9.17) is 4.74 Å². The van der Waals surface area contributed by atoms with E-state index in [9.17, 15) is 14.4 Å². The standard InChI is InChI=1S/C17H23NO5/c1-5-11(2)15(17(21)22-4)18-14(19)10-23-16(20)13-9-7-6-8-12(13)3/h6-9,11,15H,5,10H2,1-4H3,(H,18,19). The van der Waals surface area contributed by atoms with Crippen molar-refractivity contribution in [2.75, 3.05) is 13.7 Å². The molecule has 126 valence electrons. The summed E-state index contributed by atoms with van der Waals surface area (Å²) in [4.78, 5) is 35.6. The molecule has 2 unspecified atom stereocenters. The van der Waals surface area contributed by atoms with E-state index < -0.39 is 30.5 Å². The molecule has 0 bridgehead atoms. The fraction of sp³-hybridized carbons (Fsp3) is 0.471. The van der Waals surface area contributed by atoms with Crippen LogP contribution in [0.25, 0.3) is 0 Å². The number of aryl methyl sites for hydroxylation is 1. The molecule has 0 spiro atoms. The molecule has 2 atom stereocenters. The van der Waals surface area contributed by atoms with Crippen LogP contribution in [-0.4, -0.2) is 37.6 Å². The zero-order valence-corrected chi connectivity index (χ0v) is 13.9. The number of carbonyl (C=O) groups excluding carboxylic acids is 3. The van der Waals surface area contributed by atoms with Gasteiger partial charge in [0.1, 0.15) is 6.04 Å². The molecule has 0 heterocycles. The van der Waals surface area contributed by atoms with Crippen molar-refractivity contribution >= 4 is 17.8 Å². The molecule has 1 N–H and O–H groups in total. The van der Waals surface area contributed by atoms with E-state index in [-0.39, 0.29) is 5.92 Å². The maximum Gasteiger partial charge on any atom is 0.338 e. The van der Waals surface area contributed by atoms with Gasteiger partial charge < -0.3 is 14.8 Å². The normalized spacial score (nSPS) is 12.9. The molecular formula is C17H23NO5. The van der Waals surface area contributed by atoms with Crippen LogP contribution in [0.5, 0.6) is 0 Å². The lowest BCUT2D eigenvalue weighted by Crippen LogP contribution is -2.47. The second kappa shape index (κ2) is 8.92. The zero-order valence-electron chi connectivity index (χ0n) is 13.9. The van der Waals surface area contributed by atoms with Crippen LogP contribution in [0, 0.1) is 12.8 Å². The second-order valence-electron chi connectivity index (χ2n) is 5.34. The van der Waals surface area contributed by atoms with Crippen molar-refractivity contribution in [1.29, 1.82) is 0 Å². The lowest BCUT2D eigenvalue weighted by Gasteiger charge is -2.21. The van der Waals surface area contributed by atoms with Crippen LogP contribution in [0.1, 0.15) is 36.2 Å². The predicted octanol–water partition coefficient (Wildman–Crippen LogP) is 1.86. The van der Waals surface area contributed by atoms with Gasteiger partial charge in [0.05, 0.1) is 12.7 Å². The lowest BCUT2D eigenvalue weighted by molar-refractivity contribution is -0.147. The summed E-state index contributed by atoms with van der Waals surface area (Å²) < 4.78 is 9.68. The average molecular weight is 321 g/mol. The van der Waals surface area contributed by atoms with Crippen LogP contribution in [0.15, 0.2) is 24.3 Å². The molecule has 6 heteroatoms. The highest BCUT2D eigenvalue weighted by Gasteiger charge is 2.27. The van der Waals surface area contributed by atoms with Crippen LogP contribution < -0.4 is 5.32 Å². The number of ether oxygens (including phenoxy) is 2. The summed E-state index contributed by atoms with van der Waals surface area (Å²) in [5.74, 6) is -1.71. The van der Waals surface area contributed by atoms with Crippen molar-refractivity contribution in [2.24, 2.45) is 5.92 Å². The number of methoxy groups -OCH3 is 1. The van der Waals surface area contributed by atoms with Gasteiger partial charge in [-0.2, -0.15) is 0 Å². The van der Waals surface area contributed by atoms with Gasteiger partial charge in [-0.05, 0) is 24.5 Å². The Balaban J connectivity index is 2.60. The van der Waals surface area contributed by atoms with E-state index >= 15 is 0 Å². The molecule has 0 fully saturated rings. The molecule has 1 amide bonds. The Morgan fingerprint density at radius 1 is 1.22 bits per heavy atom. The number of esters is 2. The molecule has 0 saturated carbocycles. The van der Waals surface area contributed by atoms with Gasteiger partial charge in [-0.15, -0.1) is 0 Å². The highest BCUT2D eigenvalue weighted by atomic mass is 16.5. The van der Waals surface area contributed by atoms with Gasteiger partial charge in [-0.1, -0.05) is 38.5 Å². The van der Waals surface area contributed by atoms with E-state index in [1.807, 2.05) is 19.9 Å². The maximum absolute atomic E-state index is 11.9. The van der Waals surface area contributed by atoms with Gasteiger partial charge in [0.15, 0.2) is 6.61 Å². The Morgan fingerprint density at radius 2 is 1.87 bits per heavy atom. The first-order valence-electron chi connectivity index (χ1n) is 7.50. The Morgan fingerprint density at radius 3 is 2.43 bits per heavy atom. The number of benzene rings is 1. The number of hydrogen-bond donors (Lipinski definition) is 1. The highest BCUT2D eigenvalue weighted by Crippen LogP contribution is 2.10. The molecule has 6 nitrogen and oxygen atoms in total. The molecule has 0 radical (unpaired) electrons. The molecule has 0 aromatic heterocycles. The molecule has 1 rings (SSSR count). The summed E-state index contributed by atoms with van der Waals surface area (Å²) in [5.41, 5.74) is 1.18. The number of amides is 1. The van der Waals surface area contributed by atoms with Crippen LogP contribution >= 0.6 is 0 Å². The molecular weight excluding hydrogens is 298 g/mol. The summed E-state index contributed by atoms with van der Waals surface area (Å²) >= 11 is 0. The van der Waals surface area contributed by atoms with Crippen LogP contribution in [-0.2, 0) is 19.1 Å². The minimum absolute atomic E-state index is 0.0848. The van der Waals surface area contributed by atoms with E-state index in [0.717, 1.165) is 5.56 Å². The number of nitrogens with one attached hydrogen (secondary N) is 1. The largest absolute Gasteiger partial charge is 0.467 e. The summed E-state index contributed by atoms with van der Waals surface area (Å²) in [6.45, 7) is 5.08. The summed E-state index contributed by atoms with van der Waals surface area (Å²) in [5, 5.41) is 2.55. The first-order valence-corrected chi connectivity index (χ1v) is 7.50. The smallest absolute Gasteiger partial charge is 0.338 e. The van der Waals surface area contributed by atoms with E-state index in [2.05, 4.69) is 10.1 Å². The third-order valence-corrected chi connectivity index (χ3v) is 3.68.